The highest BCUT2D eigenvalue weighted by molar-refractivity contribution is 5.97. The fourth-order valence-corrected chi connectivity index (χ4v) is 10.9. The number of ether oxygens (including phenoxy) is 1. The van der Waals surface area contributed by atoms with Gasteiger partial charge in [0.05, 0.1) is 31.3 Å². The molecule has 2 bridgehead atoms. The predicted molar refractivity (Wildman–Crippen MR) is 230 cm³/mol. The Bertz CT molecular complexity index is 1860. The fourth-order valence-electron chi connectivity index (χ4n) is 10.9. The van der Waals surface area contributed by atoms with Gasteiger partial charge in [0.25, 0.3) is 5.91 Å². The Morgan fingerprint density at radius 2 is 1.80 bits per heavy atom. The predicted octanol–water partition coefficient (Wildman–Crippen LogP) is 4.45. The second-order valence-electron chi connectivity index (χ2n) is 19.5. The third-order valence-corrected chi connectivity index (χ3v) is 14.3. The molecule has 4 saturated carbocycles. The van der Waals surface area contributed by atoms with E-state index in [0.29, 0.717) is 54.5 Å². The molecule has 4 aliphatic carbocycles. The van der Waals surface area contributed by atoms with E-state index >= 15 is 0 Å². The zero-order chi connectivity index (χ0) is 43.2. The Hall–Kier alpha value is -3.75. The molecule has 3 amide bonds. The Morgan fingerprint density at radius 3 is 2.37 bits per heavy atom. The molecule has 1 spiro atoms. The Labute approximate surface area is 351 Å². The summed E-state index contributed by atoms with van der Waals surface area (Å²) < 4.78 is 6.17. The third-order valence-electron chi connectivity index (χ3n) is 14.3. The Kier molecular flexibility index (Phi) is 13.1. The van der Waals surface area contributed by atoms with Gasteiger partial charge in [-0.15, -0.1) is 0 Å². The summed E-state index contributed by atoms with van der Waals surface area (Å²) in [6.45, 7) is 15.7. The summed E-state index contributed by atoms with van der Waals surface area (Å²) >= 11 is 0. The number of aliphatic hydroxyl groups excluding tert-OH is 1. The number of benzene rings is 2. The van der Waals surface area contributed by atoms with E-state index in [9.17, 15) is 24.6 Å². The quantitative estimate of drug-likeness (QED) is 0.155. The number of anilines is 1. The van der Waals surface area contributed by atoms with Crippen LogP contribution >= 0.6 is 0 Å². The minimum Gasteiger partial charge on any atom is -0.496 e. The summed E-state index contributed by atoms with van der Waals surface area (Å²) in [5, 5.41) is 32.8. The minimum absolute atomic E-state index is 0.0142. The molecule has 13 heteroatoms. The second-order valence-corrected chi connectivity index (χ2v) is 19.5. The van der Waals surface area contributed by atoms with Gasteiger partial charge in [-0.05, 0) is 99.6 Å². The van der Waals surface area contributed by atoms with E-state index in [0.717, 1.165) is 35.2 Å². The van der Waals surface area contributed by atoms with Crippen LogP contribution in [0.5, 0.6) is 5.75 Å². The van der Waals surface area contributed by atoms with Gasteiger partial charge >= 0.3 is 0 Å². The van der Waals surface area contributed by atoms with Crippen molar-refractivity contribution >= 4 is 23.4 Å². The average Bonchev–Trinajstić information content (AvgIpc) is 3.59. The van der Waals surface area contributed by atoms with E-state index < -0.39 is 23.2 Å². The average molecular weight is 819 g/mol. The summed E-state index contributed by atoms with van der Waals surface area (Å²) in [6, 6.07) is 10.6. The van der Waals surface area contributed by atoms with Gasteiger partial charge in [-0.25, -0.2) is 0 Å². The number of fused-ring (bicyclic) bond motifs is 2. The number of aliphatic hydroxyl groups is 2. The molecule has 59 heavy (non-hydrogen) atoms. The lowest BCUT2D eigenvalue weighted by Crippen LogP contribution is -2.62. The highest BCUT2D eigenvalue weighted by Crippen LogP contribution is 2.66. The molecule has 1 unspecified atom stereocenters. The largest absolute Gasteiger partial charge is 0.496 e. The number of likely N-dealkylation sites (N-methyl/N-ethyl adjacent to an activating group) is 2. The number of nitrogens with zero attached hydrogens (tertiary/aromatic N) is 3. The second kappa shape index (κ2) is 17.3. The molecule has 1 saturated heterocycles. The van der Waals surface area contributed by atoms with Crippen LogP contribution in [0.4, 0.5) is 5.69 Å². The highest BCUT2D eigenvalue weighted by atomic mass is 16.7. The van der Waals surface area contributed by atoms with Crippen molar-refractivity contribution in [1.29, 1.82) is 0 Å². The van der Waals surface area contributed by atoms with Gasteiger partial charge < -0.3 is 40.7 Å². The van der Waals surface area contributed by atoms with Gasteiger partial charge in [-0.2, -0.15) is 5.06 Å². The van der Waals surface area contributed by atoms with Crippen LogP contribution < -0.4 is 25.6 Å². The maximum atomic E-state index is 14.7. The van der Waals surface area contributed by atoms with Crippen molar-refractivity contribution in [2.45, 2.75) is 111 Å². The SMILES string of the molecule is COc1c(CN2O[C@@H](CNC(C)=O)[C@]3(CC3(C)O)[C@H]2C(=O)N[C@H]2C[C@H]3C[C@@H]([C@@H]2C)C3(C)C)cccc1-c1cc(C(=O)N[C@@H](CC(C)C)CN(C)C)cc(N(C)CCO)c1. The van der Waals surface area contributed by atoms with Crippen LogP contribution in [-0.4, -0.2) is 122 Å². The van der Waals surface area contributed by atoms with Crippen molar-refractivity contribution in [3.05, 3.63) is 47.5 Å². The molecule has 1 aliphatic heterocycles. The van der Waals surface area contributed by atoms with E-state index in [1.54, 1.807) is 19.1 Å². The third kappa shape index (κ3) is 8.87. The molecule has 5 N–H and O–H groups in total. The van der Waals surface area contributed by atoms with E-state index in [4.69, 9.17) is 9.57 Å². The van der Waals surface area contributed by atoms with Crippen molar-refractivity contribution in [1.82, 2.24) is 25.9 Å². The van der Waals surface area contributed by atoms with Gasteiger partial charge in [0.2, 0.25) is 11.8 Å². The van der Waals surface area contributed by atoms with Crippen molar-refractivity contribution < 1.29 is 34.2 Å². The number of carbonyl (C=O) groups is 3. The van der Waals surface area contributed by atoms with E-state index in [1.165, 1.54) is 13.3 Å². The van der Waals surface area contributed by atoms with Gasteiger partial charge in [-0.3, -0.25) is 19.2 Å². The van der Waals surface area contributed by atoms with Crippen LogP contribution in [0.2, 0.25) is 0 Å². The summed E-state index contributed by atoms with van der Waals surface area (Å²) in [7, 11) is 7.48. The van der Waals surface area contributed by atoms with Crippen LogP contribution in [0.25, 0.3) is 11.1 Å². The number of rotatable bonds is 17. The first-order valence-electron chi connectivity index (χ1n) is 21.5. The molecule has 5 aliphatic rings. The maximum absolute atomic E-state index is 14.7. The maximum Gasteiger partial charge on any atom is 0.251 e. The van der Waals surface area contributed by atoms with Gasteiger partial charge in [0, 0.05) is 68.1 Å². The molecule has 0 aromatic heterocycles. The van der Waals surface area contributed by atoms with Gasteiger partial charge in [0.1, 0.15) is 17.9 Å². The van der Waals surface area contributed by atoms with Crippen LogP contribution in [0.3, 0.4) is 0 Å². The van der Waals surface area contributed by atoms with Crippen molar-refractivity contribution in [3.63, 3.8) is 0 Å². The lowest BCUT2D eigenvalue weighted by atomic mass is 9.45. The normalized spacial score (nSPS) is 29.9. The van der Waals surface area contributed by atoms with E-state index in [-0.39, 0.29) is 54.9 Å². The molecule has 1 heterocycles. The molecular weight excluding hydrogens is 749 g/mol. The topological polar surface area (TPSA) is 156 Å². The first-order chi connectivity index (χ1) is 27.7. The van der Waals surface area contributed by atoms with Gasteiger partial charge in [0.15, 0.2) is 0 Å². The Balaban J connectivity index is 1.35. The number of carbonyl (C=O) groups excluding carboxylic acids is 3. The Morgan fingerprint density at radius 1 is 1.08 bits per heavy atom. The molecule has 9 atom stereocenters. The fraction of sp³-hybridized carbons (Fsp3) is 0.674. The summed E-state index contributed by atoms with van der Waals surface area (Å²) in [5.74, 6) is 1.76. The summed E-state index contributed by atoms with van der Waals surface area (Å²) in [6.07, 6.45) is 2.64. The molecule has 13 nitrogen and oxygen atoms in total. The lowest BCUT2D eigenvalue weighted by molar-refractivity contribution is -0.177. The zero-order valence-electron chi connectivity index (χ0n) is 37.2. The number of amides is 3. The van der Waals surface area contributed by atoms with E-state index in [1.807, 2.05) is 62.4 Å². The standard InChI is InChI=1S/C46H70N6O7/c1-27(2)17-34(25-50(8)9)48-42(55)32-18-31(19-35(20-32)51(10)15-16-53)36-14-12-13-30(40(36)58-11)24-52-41(46(26-45(46,7)57)39(59-52)23-47-29(4)54)43(56)49-38-22-33-21-37(28(38)3)44(33,5)6/h12-14,18-20,27-28,33-34,37-39,41,53,57H,15-17,21-26H2,1-11H3,(H,47,54)(H,48,55)(H,49,56)/t28-,33+,34-,37-,38-,39-,41+,45?,46+/m0/s1. The first kappa shape index (κ1) is 44.8. The van der Waals surface area contributed by atoms with Crippen molar-refractivity contribution in [2.75, 3.05) is 59.4 Å². The summed E-state index contributed by atoms with van der Waals surface area (Å²) in [4.78, 5) is 51.5. The molecule has 7 rings (SSSR count). The number of hydroxylamine groups is 2. The number of hydrogen-bond acceptors (Lipinski definition) is 10. The molecular formula is C46H70N6O7. The van der Waals surface area contributed by atoms with Crippen molar-refractivity contribution in [3.8, 4) is 16.9 Å². The highest BCUT2D eigenvalue weighted by Gasteiger charge is 2.78. The number of methoxy groups -OCH3 is 1. The monoisotopic (exact) mass is 819 g/mol. The van der Waals surface area contributed by atoms with Crippen LogP contribution in [-0.2, 0) is 21.0 Å². The molecule has 2 aromatic carbocycles. The van der Waals surface area contributed by atoms with Crippen LogP contribution in [0.15, 0.2) is 36.4 Å². The smallest absolute Gasteiger partial charge is 0.251 e. The number of para-hydroxylation sites is 1. The molecule has 326 valence electrons. The first-order valence-corrected chi connectivity index (χ1v) is 21.5. The molecule has 0 radical (unpaired) electrons. The van der Waals surface area contributed by atoms with E-state index in [2.05, 4.69) is 55.5 Å². The van der Waals surface area contributed by atoms with Crippen LogP contribution in [0.1, 0.15) is 90.1 Å². The lowest BCUT2D eigenvalue weighted by Gasteiger charge is -2.62. The molecule has 2 aromatic rings. The van der Waals surface area contributed by atoms with Gasteiger partial charge in [-0.1, -0.05) is 52.8 Å². The van der Waals surface area contributed by atoms with Crippen LogP contribution in [0, 0.1) is 34.5 Å². The number of hydrogen-bond donors (Lipinski definition) is 5. The number of nitrogens with one attached hydrogen (secondary N) is 3. The molecule has 5 fully saturated rings. The minimum atomic E-state index is -1.19. The van der Waals surface area contributed by atoms with Crippen molar-refractivity contribution in [2.24, 2.45) is 34.5 Å². The summed E-state index contributed by atoms with van der Waals surface area (Å²) in [5.41, 5.74) is 1.60. The zero-order valence-corrected chi connectivity index (χ0v) is 37.2.